The fraction of sp³-hybridized carbons (Fsp3) is 0.182. The molecule has 2 rings (SSSR count). The zero-order chi connectivity index (χ0) is 13.0. The van der Waals surface area contributed by atoms with Gasteiger partial charge in [0.05, 0.1) is 13.1 Å². The Hall–Kier alpha value is -1.73. The third-order valence-corrected chi connectivity index (χ3v) is 2.64. The molecule has 1 heterocycles. The number of benzene rings is 1. The van der Waals surface area contributed by atoms with Gasteiger partial charge in [0.25, 0.3) is 0 Å². The molecule has 7 heteroatoms. The molecule has 1 aromatic carbocycles. The summed E-state index contributed by atoms with van der Waals surface area (Å²) in [5, 5.41) is 18.9. The first-order valence-corrected chi connectivity index (χ1v) is 5.95. The first kappa shape index (κ1) is 12.7. The largest absolute Gasteiger partial charge is 0.480 e. The lowest BCUT2D eigenvalue weighted by molar-refractivity contribution is -0.136. The number of carbonyl (C=O) groups is 1. The third-order valence-electron chi connectivity index (χ3n) is 2.11. The minimum Gasteiger partial charge on any atom is -0.480 e. The van der Waals surface area contributed by atoms with E-state index in [-0.39, 0.29) is 13.1 Å². The topological polar surface area (TPSA) is 88.2 Å². The van der Waals surface area contributed by atoms with Crippen LogP contribution in [0, 0.1) is 0 Å². The van der Waals surface area contributed by atoms with Crippen LogP contribution in [0.1, 0.15) is 5.89 Å². The highest BCUT2D eigenvalue weighted by Gasteiger charge is 2.08. The molecule has 0 aliphatic carbocycles. The summed E-state index contributed by atoms with van der Waals surface area (Å²) in [6.07, 6.45) is 0. The Labute approximate surface area is 111 Å². The molecule has 0 fully saturated rings. The third kappa shape index (κ3) is 3.38. The van der Waals surface area contributed by atoms with Crippen LogP contribution in [0.5, 0.6) is 0 Å². The van der Waals surface area contributed by atoms with E-state index < -0.39 is 5.97 Å². The second-order valence-corrected chi connectivity index (χ2v) is 4.42. The molecule has 0 saturated heterocycles. The average molecular weight is 312 g/mol. The van der Waals surface area contributed by atoms with E-state index in [1.165, 1.54) is 0 Å². The van der Waals surface area contributed by atoms with Crippen LogP contribution in [0.15, 0.2) is 33.2 Å². The van der Waals surface area contributed by atoms with E-state index in [1.54, 1.807) is 0 Å². The minimum atomic E-state index is -0.928. The molecule has 2 N–H and O–H groups in total. The number of rotatable bonds is 5. The van der Waals surface area contributed by atoms with E-state index in [0.717, 1.165) is 10.0 Å². The number of nitrogens with one attached hydrogen (secondary N) is 1. The molecule has 1 aromatic heterocycles. The van der Waals surface area contributed by atoms with Crippen molar-refractivity contribution in [3.63, 3.8) is 0 Å². The van der Waals surface area contributed by atoms with Gasteiger partial charge in [-0.2, -0.15) is 0 Å². The van der Waals surface area contributed by atoms with E-state index in [1.807, 2.05) is 24.3 Å². The molecule has 0 aliphatic rings. The molecule has 0 aliphatic heterocycles. The number of hydrogen-bond acceptors (Lipinski definition) is 5. The number of nitrogens with zero attached hydrogens (tertiary/aromatic N) is 2. The molecule has 18 heavy (non-hydrogen) atoms. The second kappa shape index (κ2) is 5.74. The zero-order valence-electron chi connectivity index (χ0n) is 9.26. The van der Waals surface area contributed by atoms with Crippen LogP contribution < -0.4 is 5.32 Å². The molecule has 2 aromatic rings. The smallest absolute Gasteiger partial charge is 0.317 e. The summed E-state index contributed by atoms with van der Waals surface area (Å²) in [4.78, 5) is 10.3. The van der Waals surface area contributed by atoms with E-state index in [9.17, 15) is 4.79 Å². The molecule has 94 valence electrons. The molecule has 0 spiro atoms. The Balaban J connectivity index is 2.01. The molecule has 0 unspecified atom stereocenters. The van der Waals surface area contributed by atoms with Crippen molar-refractivity contribution in [2.75, 3.05) is 6.54 Å². The van der Waals surface area contributed by atoms with Crippen molar-refractivity contribution in [2.24, 2.45) is 0 Å². The van der Waals surface area contributed by atoms with E-state index in [2.05, 4.69) is 31.4 Å². The molecule has 0 bridgehead atoms. The Kier molecular flexibility index (Phi) is 4.06. The van der Waals surface area contributed by atoms with Crippen molar-refractivity contribution in [3.8, 4) is 11.5 Å². The summed E-state index contributed by atoms with van der Waals surface area (Å²) >= 11 is 3.34. The first-order valence-electron chi connectivity index (χ1n) is 5.16. The summed E-state index contributed by atoms with van der Waals surface area (Å²) in [5.74, 6) is -0.161. The lowest BCUT2D eigenvalue weighted by Crippen LogP contribution is -2.21. The molecule has 6 nitrogen and oxygen atoms in total. The number of carboxylic acid groups (broad SMARTS) is 1. The molecular formula is C11H10BrN3O3. The summed E-state index contributed by atoms with van der Waals surface area (Å²) < 4.78 is 6.37. The number of carboxylic acids is 1. The predicted octanol–water partition coefficient (Wildman–Crippen LogP) is 1.67. The van der Waals surface area contributed by atoms with Crippen LogP contribution >= 0.6 is 15.9 Å². The Bertz CT molecular complexity index is 539. The molecule has 0 atom stereocenters. The maximum atomic E-state index is 10.3. The van der Waals surface area contributed by atoms with Crippen LogP contribution in [0.2, 0.25) is 0 Å². The van der Waals surface area contributed by atoms with Crippen molar-refractivity contribution in [2.45, 2.75) is 6.54 Å². The number of aromatic nitrogens is 2. The van der Waals surface area contributed by atoms with Crippen molar-refractivity contribution in [3.05, 3.63) is 34.6 Å². The Morgan fingerprint density at radius 3 is 2.72 bits per heavy atom. The van der Waals surface area contributed by atoms with Crippen LogP contribution in [-0.2, 0) is 11.3 Å². The van der Waals surface area contributed by atoms with Crippen molar-refractivity contribution in [1.29, 1.82) is 0 Å². The van der Waals surface area contributed by atoms with Crippen molar-refractivity contribution in [1.82, 2.24) is 15.5 Å². The lowest BCUT2D eigenvalue weighted by atomic mass is 10.2. The second-order valence-electron chi connectivity index (χ2n) is 3.51. The van der Waals surface area contributed by atoms with Crippen molar-refractivity contribution >= 4 is 21.9 Å². The Morgan fingerprint density at radius 1 is 1.33 bits per heavy atom. The van der Waals surface area contributed by atoms with E-state index in [0.29, 0.717) is 11.8 Å². The molecular weight excluding hydrogens is 302 g/mol. The maximum absolute atomic E-state index is 10.3. The predicted molar refractivity (Wildman–Crippen MR) is 66.8 cm³/mol. The van der Waals surface area contributed by atoms with Gasteiger partial charge in [0.2, 0.25) is 11.8 Å². The number of aliphatic carboxylic acids is 1. The summed E-state index contributed by atoms with van der Waals surface area (Å²) in [5.41, 5.74) is 0.815. The fourth-order valence-corrected chi connectivity index (χ4v) is 1.57. The van der Waals surface area contributed by atoms with Gasteiger partial charge in [0.1, 0.15) is 0 Å². The monoisotopic (exact) mass is 311 g/mol. The quantitative estimate of drug-likeness (QED) is 0.873. The van der Waals surface area contributed by atoms with E-state index >= 15 is 0 Å². The van der Waals surface area contributed by atoms with Gasteiger partial charge in [-0.1, -0.05) is 15.9 Å². The highest BCUT2D eigenvalue weighted by Crippen LogP contribution is 2.20. The van der Waals surface area contributed by atoms with Crippen LogP contribution in [-0.4, -0.2) is 27.8 Å². The highest BCUT2D eigenvalue weighted by atomic mass is 79.9. The Morgan fingerprint density at radius 2 is 2.06 bits per heavy atom. The van der Waals surface area contributed by atoms with Gasteiger partial charge in [-0.3, -0.25) is 10.1 Å². The van der Waals surface area contributed by atoms with Gasteiger partial charge in [0.15, 0.2) is 0 Å². The van der Waals surface area contributed by atoms with Gasteiger partial charge < -0.3 is 9.52 Å². The van der Waals surface area contributed by atoms with Gasteiger partial charge in [-0.25, -0.2) is 0 Å². The van der Waals surface area contributed by atoms with Gasteiger partial charge in [-0.15, -0.1) is 10.2 Å². The number of hydrogen-bond donors (Lipinski definition) is 2. The number of halogens is 1. The summed E-state index contributed by atoms with van der Waals surface area (Å²) in [6.45, 7) is 0.0891. The standard InChI is InChI=1S/C11H10BrN3O3/c12-8-3-1-7(2-4-8)11-15-14-9(18-11)5-13-6-10(16)17/h1-4,13H,5-6H2,(H,16,17). The molecule has 0 radical (unpaired) electrons. The average Bonchev–Trinajstić information content (AvgIpc) is 2.78. The summed E-state index contributed by atoms with van der Waals surface area (Å²) in [6, 6.07) is 7.46. The van der Waals surface area contributed by atoms with Crippen molar-refractivity contribution < 1.29 is 14.3 Å². The molecule has 0 amide bonds. The minimum absolute atomic E-state index is 0.143. The van der Waals surface area contributed by atoms with Gasteiger partial charge in [-0.05, 0) is 24.3 Å². The zero-order valence-corrected chi connectivity index (χ0v) is 10.8. The lowest BCUT2D eigenvalue weighted by Gasteiger charge is -1.96. The van der Waals surface area contributed by atoms with Crippen LogP contribution in [0.3, 0.4) is 0 Å². The molecule has 0 saturated carbocycles. The maximum Gasteiger partial charge on any atom is 0.317 e. The van der Waals surface area contributed by atoms with Gasteiger partial charge >= 0.3 is 5.97 Å². The highest BCUT2D eigenvalue weighted by molar-refractivity contribution is 9.10. The normalized spacial score (nSPS) is 10.5. The fourth-order valence-electron chi connectivity index (χ4n) is 1.31. The van der Waals surface area contributed by atoms with Gasteiger partial charge in [0, 0.05) is 10.0 Å². The summed E-state index contributed by atoms with van der Waals surface area (Å²) in [7, 11) is 0. The van der Waals surface area contributed by atoms with Crippen LogP contribution in [0.4, 0.5) is 0 Å². The SMILES string of the molecule is O=C(O)CNCc1nnc(-c2ccc(Br)cc2)o1. The van der Waals surface area contributed by atoms with E-state index in [4.69, 9.17) is 9.52 Å². The van der Waals surface area contributed by atoms with Crippen LogP contribution in [0.25, 0.3) is 11.5 Å². The first-order chi connectivity index (χ1) is 8.65.